The van der Waals surface area contributed by atoms with E-state index in [0.29, 0.717) is 31.4 Å². The summed E-state index contributed by atoms with van der Waals surface area (Å²) in [6.07, 6.45) is 4.13. The van der Waals surface area contributed by atoms with Gasteiger partial charge in [-0.2, -0.15) is 0 Å². The normalized spacial score (nSPS) is 18.1. The molecule has 4 rings (SSSR count). The van der Waals surface area contributed by atoms with Gasteiger partial charge in [0.15, 0.2) is 5.76 Å². The number of ether oxygens (including phenoxy) is 2. The first-order valence-corrected chi connectivity index (χ1v) is 12.2. The second kappa shape index (κ2) is 11.1. The van der Waals surface area contributed by atoms with Gasteiger partial charge in [0.25, 0.3) is 5.91 Å². The van der Waals surface area contributed by atoms with Crippen LogP contribution < -0.4 is 4.74 Å². The van der Waals surface area contributed by atoms with Crippen molar-refractivity contribution >= 4 is 5.91 Å². The molecule has 1 aliphatic heterocycles. The highest BCUT2D eigenvalue weighted by molar-refractivity contribution is 5.91. The maximum atomic E-state index is 13.7. The lowest BCUT2D eigenvalue weighted by molar-refractivity contribution is -0.0774. The van der Waals surface area contributed by atoms with Crippen molar-refractivity contribution in [2.24, 2.45) is 5.92 Å². The number of benzene rings is 2. The van der Waals surface area contributed by atoms with Crippen LogP contribution in [0.2, 0.25) is 0 Å². The first-order valence-electron chi connectivity index (χ1n) is 12.2. The van der Waals surface area contributed by atoms with E-state index in [9.17, 15) is 9.18 Å². The summed E-state index contributed by atoms with van der Waals surface area (Å²) in [5, 5.41) is 0. The van der Waals surface area contributed by atoms with Crippen LogP contribution in [0.4, 0.5) is 4.39 Å². The molecule has 0 spiro atoms. The van der Waals surface area contributed by atoms with Crippen LogP contribution in [-0.2, 0) is 11.3 Å². The molecule has 0 unspecified atom stereocenters. The molecule has 35 heavy (non-hydrogen) atoms. The van der Waals surface area contributed by atoms with E-state index in [0.717, 1.165) is 36.1 Å². The SMILES string of the molecule is COc1ccc(CN(CC[C@H](c2ccc(F)cc2)[C@@H]2CCOC(C)(C)C2)C(=O)c2ccco2)cc1. The quantitative estimate of drug-likeness (QED) is 0.354. The van der Waals surface area contributed by atoms with Crippen molar-refractivity contribution in [1.82, 2.24) is 4.90 Å². The average Bonchev–Trinajstić information content (AvgIpc) is 3.39. The summed E-state index contributed by atoms with van der Waals surface area (Å²) in [5.41, 5.74) is 1.91. The molecule has 186 valence electrons. The Morgan fingerprint density at radius 1 is 1.14 bits per heavy atom. The third-order valence-corrected chi connectivity index (χ3v) is 6.86. The largest absolute Gasteiger partial charge is 0.497 e. The minimum Gasteiger partial charge on any atom is -0.497 e. The number of amides is 1. The molecule has 1 fully saturated rings. The third-order valence-electron chi connectivity index (χ3n) is 6.86. The van der Waals surface area contributed by atoms with Crippen LogP contribution in [0.5, 0.6) is 5.75 Å². The van der Waals surface area contributed by atoms with Gasteiger partial charge in [-0.25, -0.2) is 4.39 Å². The Hall–Kier alpha value is -3.12. The average molecular weight is 480 g/mol. The smallest absolute Gasteiger partial charge is 0.289 e. The number of hydrogen-bond donors (Lipinski definition) is 0. The minimum absolute atomic E-state index is 0.143. The van der Waals surface area contributed by atoms with Gasteiger partial charge in [-0.1, -0.05) is 24.3 Å². The van der Waals surface area contributed by atoms with E-state index in [4.69, 9.17) is 13.9 Å². The Morgan fingerprint density at radius 2 is 1.89 bits per heavy atom. The van der Waals surface area contributed by atoms with Gasteiger partial charge in [-0.05, 0) is 92.5 Å². The first-order chi connectivity index (χ1) is 16.8. The number of halogens is 1. The van der Waals surface area contributed by atoms with Crippen molar-refractivity contribution in [3.05, 3.63) is 89.6 Å². The van der Waals surface area contributed by atoms with E-state index >= 15 is 0 Å². The van der Waals surface area contributed by atoms with Crippen LogP contribution in [0.3, 0.4) is 0 Å². The van der Waals surface area contributed by atoms with Crippen molar-refractivity contribution < 1.29 is 23.1 Å². The molecular weight excluding hydrogens is 445 g/mol. The first kappa shape index (κ1) is 25.0. The molecule has 6 heteroatoms. The Labute approximate surface area is 206 Å². The van der Waals surface area contributed by atoms with Crippen LogP contribution in [-0.4, -0.2) is 36.7 Å². The molecule has 5 nitrogen and oxygen atoms in total. The third kappa shape index (κ3) is 6.51. The lowest BCUT2D eigenvalue weighted by Crippen LogP contribution is -2.38. The minimum atomic E-state index is -0.242. The Bertz CT molecular complexity index is 1080. The maximum Gasteiger partial charge on any atom is 0.289 e. The van der Waals surface area contributed by atoms with Gasteiger partial charge in [0.05, 0.1) is 19.0 Å². The molecule has 0 N–H and O–H groups in total. The molecule has 1 aliphatic rings. The fourth-order valence-corrected chi connectivity index (χ4v) is 5.06. The summed E-state index contributed by atoms with van der Waals surface area (Å²) in [5.74, 6) is 1.28. The van der Waals surface area contributed by atoms with Crippen LogP contribution >= 0.6 is 0 Å². The van der Waals surface area contributed by atoms with Gasteiger partial charge < -0.3 is 18.8 Å². The number of methoxy groups -OCH3 is 1. The molecule has 2 atom stereocenters. The van der Waals surface area contributed by atoms with E-state index < -0.39 is 0 Å². The lowest BCUT2D eigenvalue weighted by atomic mass is 9.75. The molecule has 3 aromatic rings. The molecule has 1 saturated heterocycles. The summed E-state index contributed by atoms with van der Waals surface area (Å²) in [6, 6.07) is 18.0. The van der Waals surface area contributed by atoms with E-state index in [1.165, 1.54) is 18.4 Å². The zero-order chi connectivity index (χ0) is 24.8. The zero-order valence-electron chi connectivity index (χ0n) is 20.7. The number of furan rings is 1. The lowest BCUT2D eigenvalue weighted by Gasteiger charge is -2.40. The molecule has 0 saturated carbocycles. The topological polar surface area (TPSA) is 51.9 Å². The summed E-state index contributed by atoms with van der Waals surface area (Å²) in [6.45, 7) is 5.95. The molecule has 1 amide bonds. The maximum absolute atomic E-state index is 13.7. The second-order valence-corrected chi connectivity index (χ2v) is 9.86. The highest BCUT2D eigenvalue weighted by Crippen LogP contribution is 2.40. The summed E-state index contributed by atoms with van der Waals surface area (Å²) in [7, 11) is 1.63. The Morgan fingerprint density at radius 3 is 2.51 bits per heavy atom. The molecule has 0 aliphatic carbocycles. The van der Waals surface area contributed by atoms with Crippen molar-refractivity contribution in [1.29, 1.82) is 0 Å². The fourth-order valence-electron chi connectivity index (χ4n) is 5.06. The number of nitrogens with zero attached hydrogens (tertiary/aromatic N) is 1. The van der Waals surface area contributed by atoms with Gasteiger partial charge in [0.1, 0.15) is 11.6 Å². The van der Waals surface area contributed by atoms with Gasteiger partial charge >= 0.3 is 0 Å². The molecule has 2 aromatic carbocycles. The standard InChI is InChI=1S/C29H34FNO4/c1-29(2)19-23(15-18-35-29)26(22-8-10-24(30)11-9-22)14-16-31(28(32)27-5-4-17-34-27)20-21-6-12-25(33-3)13-7-21/h4-13,17,23,26H,14-16,18-20H2,1-3H3/t23-,26-/m1/s1. The highest BCUT2D eigenvalue weighted by atomic mass is 19.1. The molecule has 0 radical (unpaired) electrons. The predicted octanol–water partition coefficient (Wildman–Crippen LogP) is 6.45. The summed E-state index contributed by atoms with van der Waals surface area (Å²) in [4.78, 5) is 15.2. The fraction of sp³-hybridized carbons (Fsp3) is 0.414. The Kier molecular flexibility index (Phi) is 7.91. The van der Waals surface area contributed by atoms with E-state index in [1.807, 2.05) is 41.3 Å². The predicted molar refractivity (Wildman–Crippen MR) is 133 cm³/mol. The Balaban J connectivity index is 1.57. The van der Waals surface area contributed by atoms with Gasteiger partial charge in [0.2, 0.25) is 0 Å². The number of carbonyl (C=O) groups is 1. The summed E-state index contributed by atoms with van der Waals surface area (Å²) >= 11 is 0. The van der Waals surface area contributed by atoms with E-state index in [1.54, 1.807) is 19.2 Å². The van der Waals surface area contributed by atoms with Gasteiger partial charge in [-0.3, -0.25) is 4.79 Å². The number of carbonyl (C=O) groups excluding carboxylic acids is 1. The van der Waals surface area contributed by atoms with Crippen LogP contribution in [0.15, 0.2) is 71.3 Å². The van der Waals surface area contributed by atoms with Crippen molar-refractivity contribution in [3.8, 4) is 5.75 Å². The van der Waals surface area contributed by atoms with Gasteiger partial charge in [0, 0.05) is 19.7 Å². The highest BCUT2D eigenvalue weighted by Gasteiger charge is 2.34. The summed E-state index contributed by atoms with van der Waals surface area (Å²) < 4.78 is 30.4. The second-order valence-electron chi connectivity index (χ2n) is 9.86. The number of rotatable bonds is 9. The van der Waals surface area contributed by atoms with Crippen LogP contribution in [0, 0.1) is 11.7 Å². The van der Waals surface area contributed by atoms with Crippen molar-refractivity contribution in [2.75, 3.05) is 20.3 Å². The van der Waals surface area contributed by atoms with Crippen molar-refractivity contribution in [2.45, 2.75) is 51.2 Å². The zero-order valence-corrected chi connectivity index (χ0v) is 20.7. The molecular formula is C29H34FNO4. The van der Waals surface area contributed by atoms with Gasteiger partial charge in [-0.15, -0.1) is 0 Å². The van der Waals surface area contributed by atoms with E-state index in [-0.39, 0.29) is 23.2 Å². The van der Waals surface area contributed by atoms with Crippen LogP contribution in [0.25, 0.3) is 0 Å². The monoisotopic (exact) mass is 479 g/mol. The molecule has 1 aromatic heterocycles. The molecule has 2 heterocycles. The number of hydrogen-bond acceptors (Lipinski definition) is 4. The van der Waals surface area contributed by atoms with E-state index in [2.05, 4.69) is 13.8 Å². The van der Waals surface area contributed by atoms with Crippen molar-refractivity contribution in [3.63, 3.8) is 0 Å². The van der Waals surface area contributed by atoms with Crippen LogP contribution in [0.1, 0.15) is 60.7 Å². The molecule has 0 bridgehead atoms.